The first-order valence-corrected chi connectivity index (χ1v) is 11.1. The predicted octanol–water partition coefficient (Wildman–Crippen LogP) is 4.32. The number of hydrogen-bond donors (Lipinski definition) is 2. The molecule has 0 radical (unpaired) electrons. The zero-order valence-electron chi connectivity index (χ0n) is 18.3. The van der Waals surface area contributed by atoms with Gasteiger partial charge in [-0.2, -0.15) is 0 Å². The van der Waals surface area contributed by atoms with E-state index in [1.165, 1.54) is 0 Å². The topological polar surface area (TPSA) is 79.9 Å². The van der Waals surface area contributed by atoms with Gasteiger partial charge in [0, 0.05) is 35.5 Å². The lowest BCUT2D eigenvalue weighted by molar-refractivity contribution is 0.0743. The first-order valence-electron chi connectivity index (χ1n) is 11.1. The number of hydrogen-bond acceptors (Lipinski definition) is 5. The van der Waals surface area contributed by atoms with Crippen LogP contribution in [0, 0.1) is 0 Å². The molecule has 1 unspecified atom stereocenters. The van der Waals surface area contributed by atoms with Crippen LogP contribution in [-0.4, -0.2) is 30.1 Å². The molecule has 2 heterocycles. The summed E-state index contributed by atoms with van der Waals surface area (Å²) in [6, 6.07) is 20.6. The Labute approximate surface area is 192 Å². The lowest BCUT2D eigenvalue weighted by Gasteiger charge is -2.26. The second-order valence-corrected chi connectivity index (χ2v) is 8.08. The molecule has 2 aliphatic rings. The van der Waals surface area contributed by atoms with E-state index < -0.39 is 0 Å². The van der Waals surface area contributed by atoms with Crippen molar-refractivity contribution in [2.75, 3.05) is 18.7 Å². The van der Waals surface area contributed by atoms with E-state index >= 15 is 0 Å². The molecule has 7 heteroatoms. The van der Waals surface area contributed by atoms with Gasteiger partial charge in [-0.15, -0.1) is 0 Å². The Hall–Kier alpha value is -4.00. The number of benzene rings is 3. The zero-order valence-corrected chi connectivity index (χ0v) is 18.3. The Morgan fingerprint density at radius 1 is 1.03 bits per heavy atom. The van der Waals surface area contributed by atoms with Crippen molar-refractivity contribution in [1.82, 2.24) is 10.2 Å². The second-order valence-electron chi connectivity index (χ2n) is 8.08. The molecule has 5 rings (SSSR count). The smallest absolute Gasteiger partial charge is 0.256 e. The fourth-order valence-corrected chi connectivity index (χ4v) is 4.21. The van der Waals surface area contributed by atoms with Crippen molar-refractivity contribution in [3.8, 4) is 11.5 Å². The van der Waals surface area contributed by atoms with Gasteiger partial charge in [0.1, 0.15) is 6.17 Å². The summed E-state index contributed by atoms with van der Waals surface area (Å²) in [5.74, 6) is 1.30. The molecule has 3 aromatic rings. The van der Waals surface area contributed by atoms with Gasteiger partial charge in [-0.1, -0.05) is 31.2 Å². The summed E-state index contributed by atoms with van der Waals surface area (Å²) in [5, 5.41) is 6.39. The van der Waals surface area contributed by atoms with Gasteiger partial charge in [-0.25, -0.2) is 0 Å². The number of amides is 2. The van der Waals surface area contributed by atoms with E-state index in [-0.39, 0.29) is 24.8 Å². The van der Waals surface area contributed by atoms with Gasteiger partial charge in [0.05, 0.1) is 0 Å². The normalized spacial score (nSPS) is 16.0. The molecule has 0 bridgehead atoms. The number of carbonyl (C=O) groups is 2. The summed E-state index contributed by atoms with van der Waals surface area (Å²) in [4.78, 5) is 27.3. The van der Waals surface area contributed by atoms with Crippen LogP contribution in [0.3, 0.4) is 0 Å². The van der Waals surface area contributed by atoms with Gasteiger partial charge in [0.15, 0.2) is 11.5 Å². The SMILES string of the molecule is CCCN1C(=O)c2ccccc2C1Nc1ccc(C(=O)NCc2ccc3c(c2)OCO3)cc1. The summed E-state index contributed by atoms with van der Waals surface area (Å²) < 4.78 is 10.7. The molecule has 0 saturated carbocycles. The lowest BCUT2D eigenvalue weighted by atomic mass is 10.1. The molecule has 168 valence electrons. The molecule has 0 saturated heterocycles. The summed E-state index contributed by atoms with van der Waals surface area (Å²) in [6.45, 7) is 3.35. The highest BCUT2D eigenvalue weighted by molar-refractivity contribution is 5.99. The fraction of sp³-hybridized carbons (Fsp3) is 0.231. The standard InChI is InChI=1S/C26H25N3O4/c1-2-13-29-24(20-5-3-4-6-21(20)26(29)31)28-19-10-8-18(9-11-19)25(30)27-15-17-7-12-22-23(14-17)33-16-32-22/h3-12,14,24,28H,2,13,15-16H2,1H3,(H,27,30). The molecule has 1 atom stereocenters. The number of carbonyl (C=O) groups excluding carboxylic acids is 2. The van der Waals surface area contributed by atoms with Gasteiger partial charge in [0.2, 0.25) is 6.79 Å². The minimum absolute atomic E-state index is 0.0458. The van der Waals surface area contributed by atoms with E-state index in [1.807, 2.05) is 59.5 Å². The quantitative estimate of drug-likeness (QED) is 0.569. The van der Waals surface area contributed by atoms with Crippen LogP contribution in [0.1, 0.15) is 51.4 Å². The number of fused-ring (bicyclic) bond motifs is 2. The molecule has 0 spiro atoms. The highest BCUT2D eigenvalue weighted by atomic mass is 16.7. The Morgan fingerprint density at radius 3 is 2.64 bits per heavy atom. The van der Waals surface area contributed by atoms with E-state index in [0.29, 0.717) is 24.4 Å². The minimum Gasteiger partial charge on any atom is -0.454 e. The van der Waals surface area contributed by atoms with Crippen LogP contribution < -0.4 is 20.1 Å². The minimum atomic E-state index is -0.223. The summed E-state index contributed by atoms with van der Waals surface area (Å²) in [7, 11) is 0. The summed E-state index contributed by atoms with van der Waals surface area (Å²) >= 11 is 0. The molecule has 2 amide bonds. The number of ether oxygens (including phenoxy) is 2. The Bertz CT molecular complexity index is 1190. The number of nitrogens with zero attached hydrogens (tertiary/aromatic N) is 1. The third-order valence-electron chi connectivity index (χ3n) is 5.86. The molecule has 33 heavy (non-hydrogen) atoms. The average molecular weight is 444 g/mol. The Morgan fingerprint density at radius 2 is 1.82 bits per heavy atom. The van der Waals surface area contributed by atoms with E-state index in [0.717, 1.165) is 34.5 Å². The van der Waals surface area contributed by atoms with E-state index in [9.17, 15) is 9.59 Å². The van der Waals surface area contributed by atoms with Crippen molar-refractivity contribution in [3.63, 3.8) is 0 Å². The first kappa shape index (κ1) is 20.9. The van der Waals surface area contributed by atoms with E-state index in [4.69, 9.17) is 9.47 Å². The largest absolute Gasteiger partial charge is 0.454 e. The second kappa shape index (κ2) is 8.86. The maximum Gasteiger partial charge on any atom is 0.256 e. The van der Waals surface area contributed by atoms with Gasteiger partial charge >= 0.3 is 0 Å². The molecular formula is C26H25N3O4. The van der Waals surface area contributed by atoms with Crippen LogP contribution in [-0.2, 0) is 6.54 Å². The van der Waals surface area contributed by atoms with Crippen molar-refractivity contribution in [3.05, 3.63) is 89.0 Å². The van der Waals surface area contributed by atoms with Gasteiger partial charge in [0.25, 0.3) is 11.8 Å². The van der Waals surface area contributed by atoms with Crippen LogP contribution in [0.25, 0.3) is 0 Å². The molecule has 2 N–H and O–H groups in total. The molecule has 0 fully saturated rings. The molecule has 0 aromatic heterocycles. The van der Waals surface area contributed by atoms with Gasteiger partial charge < -0.3 is 25.0 Å². The number of anilines is 1. The molecular weight excluding hydrogens is 418 g/mol. The van der Waals surface area contributed by atoms with Crippen molar-refractivity contribution in [2.45, 2.75) is 26.1 Å². The summed E-state index contributed by atoms with van der Waals surface area (Å²) in [5.41, 5.74) is 4.06. The summed E-state index contributed by atoms with van der Waals surface area (Å²) in [6.07, 6.45) is 0.653. The van der Waals surface area contributed by atoms with Crippen LogP contribution in [0.2, 0.25) is 0 Å². The molecule has 7 nitrogen and oxygen atoms in total. The van der Waals surface area contributed by atoms with Crippen molar-refractivity contribution in [1.29, 1.82) is 0 Å². The highest BCUT2D eigenvalue weighted by Gasteiger charge is 2.35. The maximum atomic E-state index is 12.8. The van der Waals surface area contributed by atoms with Crippen LogP contribution in [0.4, 0.5) is 5.69 Å². The average Bonchev–Trinajstić information content (AvgIpc) is 3.42. The third-order valence-corrected chi connectivity index (χ3v) is 5.86. The Balaban J connectivity index is 1.24. The van der Waals surface area contributed by atoms with Gasteiger partial charge in [-0.05, 0) is 54.4 Å². The Kier molecular flexibility index (Phi) is 5.60. The number of nitrogens with one attached hydrogen (secondary N) is 2. The van der Waals surface area contributed by atoms with Crippen molar-refractivity contribution >= 4 is 17.5 Å². The van der Waals surface area contributed by atoms with Crippen molar-refractivity contribution in [2.24, 2.45) is 0 Å². The van der Waals surface area contributed by atoms with Crippen LogP contribution >= 0.6 is 0 Å². The molecule has 3 aromatic carbocycles. The fourth-order valence-electron chi connectivity index (χ4n) is 4.21. The van der Waals surface area contributed by atoms with E-state index in [2.05, 4.69) is 17.6 Å². The molecule has 0 aliphatic carbocycles. The third kappa shape index (κ3) is 4.09. The predicted molar refractivity (Wildman–Crippen MR) is 124 cm³/mol. The van der Waals surface area contributed by atoms with E-state index in [1.54, 1.807) is 12.1 Å². The van der Waals surface area contributed by atoms with Crippen LogP contribution in [0.15, 0.2) is 66.7 Å². The maximum absolute atomic E-state index is 12.8. The molecule has 2 aliphatic heterocycles. The lowest BCUT2D eigenvalue weighted by Crippen LogP contribution is -2.33. The number of rotatable bonds is 7. The highest BCUT2D eigenvalue weighted by Crippen LogP contribution is 2.34. The monoisotopic (exact) mass is 443 g/mol. The van der Waals surface area contributed by atoms with Crippen molar-refractivity contribution < 1.29 is 19.1 Å². The zero-order chi connectivity index (χ0) is 22.8. The first-order chi connectivity index (χ1) is 16.1. The van der Waals surface area contributed by atoms with Crippen LogP contribution in [0.5, 0.6) is 11.5 Å². The van der Waals surface area contributed by atoms with Gasteiger partial charge in [-0.3, -0.25) is 9.59 Å².